The Morgan fingerprint density at radius 1 is 1.04 bits per heavy atom. The number of anilines is 1. The molecule has 10 heteroatoms. The van der Waals surface area contributed by atoms with Gasteiger partial charge in [-0.25, -0.2) is 4.21 Å². The average Bonchev–Trinajstić information content (AvgIpc) is 3.28. The zero-order valence-corrected chi connectivity index (χ0v) is 31.1. The molecule has 50 heavy (non-hydrogen) atoms. The summed E-state index contributed by atoms with van der Waals surface area (Å²) < 4.78 is 21.6. The fourth-order valence-corrected chi connectivity index (χ4v) is 8.00. The van der Waals surface area contributed by atoms with Crippen molar-refractivity contribution < 1.29 is 18.5 Å². The van der Waals surface area contributed by atoms with E-state index in [1.807, 2.05) is 42.5 Å². The number of carbonyl (C=O) groups is 2. The molecule has 3 aromatic rings. The van der Waals surface area contributed by atoms with Crippen molar-refractivity contribution in [3.05, 3.63) is 94.0 Å². The van der Waals surface area contributed by atoms with E-state index in [4.69, 9.17) is 16.3 Å². The normalized spacial score (nSPS) is 20.3. The van der Waals surface area contributed by atoms with Crippen LogP contribution in [0.25, 0.3) is 0 Å². The Labute approximate surface area is 304 Å². The Balaban J connectivity index is 1.50. The van der Waals surface area contributed by atoms with E-state index in [1.54, 1.807) is 32.0 Å². The van der Waals surface area contributed by atoms with Crippen LogP contribution in [0.3, 0.4) is 0 Å². The summed E-state index contributed by atoms with van der Waals surface area (Å²) >= 11 is 6.45. The van der Waals surface area contributed by atoms with Gasteiger partial charge in [-0.15, -0.1) is 0 Å². The molecule has 0 radical (unpaired) electrons. The summed E-state index contributed by atoms with van der Waals surface area (Å²) in [6, 6.07) is 23.1. The highest BCUT2D eigenvalue weighted by molar-refractivity contribution is 7.84. The second kappa shape index (κ2) is 16.9. The Bertz CT molecular complexity index is 1730. The van der Waals surface area contributed by atoms with Gasteiger partial charge in [0.05, 0.1) is 18.4 Å². The topological polar surface area (TPSA) is 112 Å². The number of nitrogens with zero attached hydrogens (tertiary/aromatic N) is 2. The van der Waals surface area contributed by atoms with Gasteiger partial charge in [-0.3, -0.25) is 14.3 Å². The molecule has 5 atom stereocenters. The Morgan fingerprint density at radius 2 is 1.82 bits per heavy atom. The van der Waals surface area contributed by atoms with Crippen molar-refractivity contribution in [3.63, 3.8) is 0 Å². The van der Waals surface area contributed by atoms with Crippen molar-refractivity contribution in [2.24, 2.45) is 11.8 Å². The highest BCUT2D eigenvalue weighted by Gasteiger charge is 2.49. The number of halogens is 1. The van der Waals surface area contributed by atoms with E-state index in [1.165, 1.54) is 11.1 Å². The molecular formula is C40H49ClN4O4S. The fraction of sp³-hybridized carbons (Fsp3) is 0.475. The minimum absolute atomic E-state index is 0.0177. The zero-order valence-electron chi connectivity index (χ0n) is 29.5. The highest BCUT2D eigenvalue weighted by Crippen LogP contribution is 2.46. The summed E-state index contributed by atoms with van der Waals surface area (Å²) in [5.41, 5.74) is 3.10. The smallest absolute Gasteiger partial charge is 0.263 e. The van der Waals surface area contributed by atoms with E-state index in [0.717, 1.165) is 44.2 Å². The van der Waals surface area contributed by atoms with Crippen molar-refractivity contribution in [3.8, 4) is 11.8 Å². The molecule has 2 amide bonds. The molecule has 0 bridgehead atoms. The predicted molar refractivity (Wildman–Crippen MR) is 201 cm³/mol. The summed E-state index contributed by atoms with van der Waals surface area (Å²) in [6.07, 6.45) is 5.92. The van der Waals surface area contributed by atoms with E-state index < -0.39 is 22.4 Å². The van der Waals surface area contributed by atoms with Crippen molar-refractivity contribution in [1.29, 1.82) is 5.26 Å². The number of aryl methyl sites for hydroxylation is 1. The summed E-state index contributed by atoms with van der Waals surface area (Å²) in [5.74, 6) is 0.110. The van der Waals surface area contributed by atoms with Crippen molar-refractivity contribution in [2.75, 3.05) is 24.6 Å². The summed E-state index contributed by atoms with van der Waals surface area (Å²) in [4.78, 5) is 29.1. The maximum atomic E-state index is 13.5. The summed E-state index contributed by atoms with van der Waals surface area (Å²) in [5, 5.41) is 14.5. The molecule has 5 rings (SSSR count). The minimum atomic E-state index is -1.51. The first-order chi connectivity index (χ1) is 24.1. The number of amides is 2. The molecule has 2 N–H and O–H groups in total. The third kappa shape index (κ3) is 8.52. The first kappa shape index (κ1) is 37.4. The van der Waals surface area contributed by atoms with Crippen LogP contribution in [-0.4, -0.2) is 46.5 Å². The van der Waals surface area contributed by atoms with E-state index in [9.17, 15) is 19.1 Å². The lowest BCUT2D eigenvalue weighted by Crippen LogP contribution is -2.59. The molecule has 0 saturated heterocycles. The van der Waals surface area contributed by atoms with Crippen LogP contribution in [0.1, 0.15) is 104 Å². The quantitative estimate of drug-likeness (QED) is 0.175. The van der Waals surface area contributed by atoms with Crippen LogP contribution < -0.4 is 19.7 Å². The number of nitriles is 1. The molecule has 1 saturated carbocycles. The first-order valence-corrected chi connectivity index (χ1v) is 19.5. The van der Waals surface area contributed by atoms with E-state index >= 15 is 0 Å². The third-order valence-electron chi connectivity index (χ3n) is 10.1. The number of fused-ring (bicyclic) bond motifs is 1. The van der Waals surface area contributed by atoms with Gasteiger partial charge in [0, 0.05) is 46.3 Å². The number of nitrogens with one attached hydrogen (secondary N) is 2. The van der Waals surface area contributed by atoms with Gasteiger partial charge in [0.1, 0.15) is 22.3 Å². The second-order valence-corrected chi connectivity index (χ2v) is 16.1. The summed E-state index contributed by atoms with van der Waals surface area (Å²) in [7, 11) is -1.51. The highest BCUT2D eigenvalue weighted by atomic mass is 35.5. The molecular weight excluding hydrogens is 668 g/mol. The average molecular weight is 717 g/mol. The van der Waals surface area contributed by atoms with Crippen LogP contribution in [-0.2, 0) is 17.4 Å². The molecule has 0 aromatic heterocycles. The Kier molecular flexibility index (Phi) is 12.6. The first-order valence-electron chi connectivity index (χ1n) is 17.9. The van der Waals surface area contributed by atoms with Crippen molar-refractivity contribution in [2.45, 2.75) is 89.3 Å². The van der Waals surface area contributed by atoms with Crippen LogP contribution in [0, 0.1) is 23.2 Å². The largest absolute Gasteiger partial charge is 0.491 e. The number of hydrogen-bond donors (Lipinski definition) is 2. The Hall–Kier alpha value is -3.87. The monoisotopic (exact) mass is 716 g/mol. The van der Waals surface area contributed by atoms with Crippen molar-refractivity contribution in [1.82, 2.24) is 10.0 Å². The number of rotatable bonds is 14. The van der Waals surface area contributed by atoms with Gasteiger partial charge >= 0.3 is 0 Å². The maximum Gasteiger partial charge on any atom is 0.263 e. The van der Waals surface area contributed by atoms with E-state index in [-0.39, 0.29) is 28.9 Å². The second-order valence-electron chi connectivity index (χ2n) is 13.9. The molecule has 8 nitrogen and oxygen atoms in total. The zero-order chi connectivity index (χ0) is 35.8. The van der Waals surface area contributed by atoms with E-state index in [0.29, 0.717) is 48.0 Å². The lowest BCUT2D eigenvalue weighted by Gasteiger charge is -2.49. The van der Waals surface area contributed by atoms with Crippen LogP contribution in [0.5, 0.6) is 5.75 Å². The van der Waals surface area contributed by atoms with E-state index in [2.05, 4.69) is 40.9 Å². The van der Waals surface area contributed by atoms with Crippen LogP contribution in [0.4, 0.5) is 5.69 Å². The van der Waals surface area contributed by atoms with Crippen LogP contribution in [0.15, 0.2) is 66.7 Å². The molecule has 2 aliphatic rings. The molecule has 1 aliphatic heterocycles. The summed E-state index contributed by atoms with van der Waals surface area (Å²) in [6.45, 7) is 9.54. The Morgan fingerprint density at radius 3 is 2.48 bits per heavy atom. The van der Waals surface area contributed by atoms with Gasteiger partial charge in [0.15, 0.2) is 0 Å². The number of unbranched alkanes of at least 4 members (excludes halogenated alkanes) is 1. The number of hydrogen-bond acceptors (Lipinski definition) is 6. The van der Waals surface area contributed by atoms with Gasteiger partial charge in [-0.05, 0) is 99.0 Å². The van der Waals surface area contributed by atoms with Crippen LogP contribution in [0.2, 0.25) is 5.02 Å². The van der Waals surface area contributed by atoms with Crippen molar-refractivity contribution >= 4 is 40.1 Å². The van der Waals surface area contributed by atoms with Gasteiger partial charge in [-0.1, -0.05) is 69.0 Å². The molecule has 1 aliphatic carbocycles. The van der Waals surface area contributed by atoms with Gasteiger partial charge in [0.25, 0.3) is 11.8 Å². The molecule has 3 aromatic carbocycles. The standard InChI is InChI=1S/C40H49ClN4O4S/c1-5-7-20-40(26-42,43-38(46)28-12-9-8-10-13-28)35-18-14-31(35)23-45-24-32(34-17-16-33(41)21-29(34)11-6-2)25-49-37-19-15-30(22-36(37)45)39(47)44-50(48)27(3)4/h8-10,12-13,15-17,19,21-22,27,31-32,35H,5-7,11,14,18,20,23-25H2,1-4H3,(H,43,46)(H,44,47). The fourth-order valence-electron chi connectivity index (χ4n) is 7.27. The SMILES string of the molecule is CCCCC(C#N)(NC(=O)c1ccccc1)C1CCC1CN1CC(c2ccc(Cl)cc2CCC)COc2ccc(C(=O)NS(=O)C(C)C)cc21. The number of benzene rings is 3. The molecule has 266 valence electrons. The molecule has 5 unspecified atom stereocenters. The third-order valence-corrected chi connectivity index (χ3v) is 11.6. The van der Waals surface area contributed by atoms with Gasteiger partial charge < -0.3 is 15.0 Å². The van der Waals surface area contributed by atoms with Gasteiger partial charge in [0.2, 0.25) is 0 Å². The number of carbonyl (C=O) groups excluding carboxylic acids is 2. The molecule has 1 fully saturated rings. The van der Waals surface area contributed by atoms with Crippen LogP contribution >= 0.6 is 11.6 Å². The number of ether oxygens (including phenoxy) is 1. The lowest BCUT2D eigenvalue weighted by molar-refractivity contribution is 0.0650. The minimum Gasteiger partial charge on any atom is -0.491 e. The molecule has 0 spiro atoms. The molecule has 1 heterocycles. The predicted octanol–water partition coefficient (Wildman–Crippen LogP) is 7.99. The van der Waals surface area contributed by atoms with Gasteiger partial charge in [-0.2, -0.15) is 5.26 Å². The maximum absolute atomic E-state index is 13.5. The lowest BCUT2D eigenvalue weighted by atomic mass is 9.62.